The van der Waals surface area contributed by atoms with Crippen LogP contribution in [0.15, 0.2) is 18.2 Å². The van der Waals surface area contributed by atoms with E-state index in [1.54, 1.807) is 6.07 Å². The van der Waals surface area contributed by atoms with Crippen LogP contribution in [0.1, 0.15) is 31.7 Å². The molecule has 1 aromatic carbocycles. The Bertz CT molecular complexity index is 314. The Labute approximate surface area is 94.9 Å². The number of hydrogen-bond acceptors (Lipinski definition) is 1. The van der Waals surface area contributed by atoms with Crippen LogP contribution in [0, 0.1) is 5.82 Å². The molecule has 3 heteroatoms. The quantitative estimate of drug-likeness (QED) is 0.820. The molecule has 0 spiro atoms. The summed E-state index contributed by atoms with van der Waals surface area (Å²) in [5.74, 6) is -0.321. The maximum Gasteiger partial charge on any atom is 0.124 e. The second kappa shape index (κ2) is 6.09. The fraction of sp³-hybridized carbons (Fsp3) is 0.500. The van der Waals surface area contributed by atoms with E-state index in [0.717, 1.165) is 18.4 Å². The third-order valence-electron chi connectivity index (χ3n) is 2.38. The molecular formula is C12H16ClFO. The summed E-state index contributed by atoms with van der Waals surface area (Å²) in [7, 11) is 0. The lowest BCUT2D eigenvalue weighted by Crippen LogP contribution is -2.07. The SMILES string of the molecule is CCCC(O)CCc1ccc(F)cc1Cl. The summed E-state index contributed by atoms with van der Waals surface area (Å²) in [6.45, 7) is 2.04. The molecule has 1 nitrogen and oxygen atoms in total. The summed E-state index contributed by atoms with van der Waals surface area (Å²) in [4.78, 5) is 0. The fourth-order valence-corrected chi connectivity index (χ4v) is 1.79. The van der Waals surface area contributed by atoms with E-state index in [-0.39, 0.29) is 11.9 Å². The number of aryl methyl sites for hydroxylation is 1. The van der Waals surface area contributed by atoms with Crippen LogP contribution in [0.2, 0.25) is 5.02 Å². The predicted molar refractivity (Wildman–Crippen MR) is 60.6 cm³/mol. The lowest BCUT2D eigenvalue weighted by atomic mass is 10.0. The van der Waals surface area contributed by atoms with Crippen molar-refractivity contribution in [1.82, 2.24) is 0 Å². The van der Waals surface area contributed by atoms with Crippen molar-refractivity contribution in [2.45, 2.75) is 38.7 Å². The van der Waals surface area contributed by atoms with E-state index in [0.29, 0.717) is 17.9 Å². The van der Waals surface area contributed by atoms with Crippen LogP contribution < -0.4 is 0 Å². The first-order chi connectivity index (χ1) is 7.13. The number of hydrogen-bond donors (Lipinski definition) is 1. The van der Waals surface area contributed by atoms with E-state index in [4.69, 9.17) is 11.6 Å². The molecule has 0 saturated heterocycles. The zero-order valence-corrected chi connectivity index (χ0v) is 9.60. The van der Waals surface area contributed by atoms with Crippen LogP contribution in [0.3, 0.4) is 0 Å². The molecule has 15 heavy (non-hydrogen) atoms. The first kappa shape index (κ1) is 12.5. The summed E-state index contributed by atoms with van der Waals surface area (Å²) in [5.41, 5.74) is 0.896. The Morgan fingerprint density at radius 2 is 2.13 bits per heavy atom. The lowest BCUT2D eigenvalue weighted by Gasteiger charge is -2.09. The Morgan fingerprint density at radius 3 is 2.73 bits per heavy atom. The third-order valence-corrected chi connectivity index (χ3v) is 2.74. The van der Waals surface area contributed by atoms with E-state index in [9.17, 15) is 9.50 Å². The van der Waals surface area contributed by atoms with Gasteiger partial charge < -0.3 is 5.11 Å². The number of benzene rings is 1. The van der Waals surface area contributed by atoms with E-state index in [1.807, 2.05) is 6.92 Å². The molecule has 1 atom stereocenters. The lowest BCUT2D eigenvalue weighted by molar-refractivity contribution is 0.154. The number of rotatable bonds is 5. The van der Waals surface area contributed by atoms with Crippen LogP contribution in [0.25, 0.3) is 0 Å². The number of aliphatic hydroxyl groups excluding tert-OH is 1. The summed E-state index contributed by atoms with van der Waals surface area (Å²) >= 11 is 5.87. The second-order valence-electron chi connectivity index (χ2n) is 3.72. The van der Waals surface area contributed by atoms with Gasteiger partial charge in [-0.05, 0) is 37.0 Å². The molecule has 0 aliphatic rings. The highest BCUT2D eigenvalue weighted by Crippen LogP contribution is 2.19. The number of aliphatic hydroxyl groups is 1. The average Bonchev–Trinajstić information content (AvgIpc) is 2.17. The van der Waals surface area contributed by atoms with Crippen molar-refractivity contribution in [2.24, 2.45) is 0 Å². The van der Waals surface area contributed by atoms with Crippen LogP contribution >= 0.6 is 11.6 Å². The standard InChI is InChI=1S/C12H16ClFO/c1-2-3-11(15)7-5-9-4-6-10(14)8-12(9)13/h4,6,8,11,15H,2-3,5,7H2,1H3. The molecule has 0 heterocycles. The molecule has 1 aromatic rings. The van der Waals surface area contributed by atoms with Gasteiger partial charge in [-0.15, -0.1) is 0 Å². The average molecular weight is 231 g/mol. The van der Waals surface area contributed by atoms with E-state index in [1.165, 1.54) is 12.1 Å². The van der Waals surface area contributed by atoms with Gasteiger partial charge in [0.1, 0.15) is 5.82 Å². The highest BCUT2D eigenvalue weighted by Gasteiger charge is 2.06. The van der Waals surface area contributed by atoms with Crippen LogP contribution in [0.4, 0.5) is 4.39 Å². The molecule has 1 unspecified atom stereocenters. The van der Waals surface area contributed by atoms with E-state index in [2.05, 4.69) is 0 Å². The zero-order chi connectivity index (χ0) is 11.3. The minimum Gasteiger partial charge on any atom is -0.393 e. The van der Waals surface area contributed by atoms with Gasteiger partial charge in [0, 0.05) is 5.02 Å². The first-order valence-electron chi connectivity index (χ1n) is 5.25. The van der Waals surface area contributed by atoms with Gasteiger partial charge in [0.05, 0.1) is 6.10 Å². The van der Waals surface area contributed by atoms with E-state index >= 15 is 0 Å². The summed E-state index contributed by atoms with van der Waals surface area (Å²) in [6.07, 6.45) is 2.87. The summed E-state index contributed by atoms with van der Waals surface area (Å²) < 4.78 is 12.7. The van der Waals surface area contributed by atoms with Crippen molar-refractivity contribution in [3.63, 3.8) is 0 Å². The summed E-state index contributed by atoms with van der Waals surface area (Å²) in [5, 5.41) is 9.98. The monoisotopic (exact) mass is 230 g/mol. The highest BCUT2D eigenvalue weighted by atomic mass is 35.5. The Morgan fingerprint density at radius 1 is 1.40 bits per heavy atom. The van der Waals surface area contributed by atoms with Crippen molar-refractivity contribution in [1.29, 1.82) is 0 Å². The van der Waals surface area contributed by atoms with E-state index < -0.39 is 0 Å². The van der Waals surface area contributed by atoms with Gasteiger partial charge in [0.2, 0.25) is 0 Å². The molecule has 0 fully saturated rings. The normalized spacial score (nSPS) is 12.8. The van der Waals surface area contributed by atoms with Crippen molar-refractivity contribution in [2.75, 3.05) is 0 Å². The summed E-state index contributed by atoms with van der Waals surface area (Å²) in [6, 6.07) is 4.38. The third kappa shape index (κ3) is 4.18. The molecule has 0 aliphatic carbocycles. The Kier molecular flexibility index (Phi) is 5.06. The largest absolute Gasteiger partial charge is 0.393 e. The maximum absolute atomic E-state index is 12.7. The van der Waals surface area contributed by atoms with Crippen molar-refractivity contribution in [3.8, 4) is 0 Å². The number of halogens is 2. The van der Waals surface area contributed by atoms with Crippen molar-refractivity contribution < 1.29 is 9.50 Å². The molecule has 1 rings (SSSR count). The zero-order valence-electron chi connectivity index (χ0n) is 8.84. The second-order valence-corrected chi connectivity index (χ2v) is 4.12. The molecule has 1 N–H and O–H groups in total. The maximum atomic E-state index is 12.7. The molecule has 0 bridgehead atoms. The Balaban J connectivity index is 2.50. The van der Waals surface area contributed by atoms with Gasteiger partial charge >= 0.3 is 0 Å². The molecule has 0 saturated carbocycles. The van der Waals surface area contributed by atoms with Gasteiger partial charge in [0.15, 0.2) is 0 Å². The highest BCUT2D eigenvalue weighted by molar-refractivity contribution is 6.31. The molecule has 0 aliphatic heterocycles. The minimum atomic E-state index is -0.321. The van der Waals surface area contributed by atoms with Crippen LogP contribution in [-0.4, -0.2) is 11.2 Å². The molecule has 84 valence electrons. The van der Waals surface area contributed by atoms with Gasteiger partial charge in [0.25, 0.3) is 0 Å². The molecule has 0 aromatic heterocycles. The van der Waals surface area contributed by atoms with Crippen LogP contribution in [-0.2, 0) is 6.42 Å². The predicted octanol–water partition coefficient (Wildman–Crippen LogP) is 3.57. The smallest absolute Gasteiger partial charge is 0.124 e. The van der Waals surface area contributed by atoms with Gasteiger partial charge in [-0.25, -0.2) is 4.39 Å². The minimum absolute atomic E-state index is 0.281. The van der Waals surface area contributed by atoms with Gasteiger partial charge in [-0.3, -0.25) is 0 Å². The van der Waals surface area contributed by atoms with Crippen molar-refractivity contribution in [3.05, 3.63) is 34.6 Å². The molecule has 0 amide bonds. The topological polar surface area (TPSA) is 20.2 Å². The van der Waals surface area contributed by atoms with Crippen LogP contribution in [0.5, 0.6) is 0 Å². The first-order valence-corrected chi connectivity index (χ1v) is 5.63. The fourth-order valence-electron chi connectivity index (χ4n) is 1.52. The Hall–Kier alpha value is -0.600. The molecular weight excluding hydrogens is 215 g/mol. The van der Waals surface area contributed by atoms with Crippen molar-refractivity contribution >= 4 is 11.6 Å². The van der Waals surface area contributed by atoms with Gasteiger partial charge in [-0.1, -0.05) is 31.0 Å². The molecule has 0 radical (unpaired) electrons. The van der Waals surface area contributed by atoms with Gasteiger partial charge in [-0.2, -0.15) is 0 Å².